The zero-order chi connectivity index (χ0) is 14.5. The van der Waals surface area contributed by atoms with E-state index in [2.05, 4.69) is 10.5 Å². The van der Waals surface area contributed by atoms with E-state index in [1.165, 1.54) is 11.8 Å². The van der Waals surface area contributed by atoms with Crippen molar-refractivity contribution in [2.75, 3.05) is 12.4 Å². The van der Waals surface area contributed by atoms with Gasteiger partial charge in [0.1, 0.15) is 11.5 Å². The van der Waals surface area contributed by atoms with Gasteiger partial charge in [-0.15, -0.1) is 11.8 Å². The molecule has 20 heavy (non-hydrogen) atoms. The number of nitrogens with one attached hydrogen (secondary N) is 1. The molecule has 2 rings (SSSR count). The van der Waals surface area contributed by atoms with Gasteiger partial charge in [0.15, 0.2) is 5.82 Å². The van der Waals surface area contributed by atoms with Gasteiger partial charge in [-0.2, -0.15) is 0 Å². The maximum Gasteiger partial charge on any atom is 0.238 e. The molecule has 0 bridgehead atoms. The van der Waals surface area contributed by atoms with Gasteiger partial charge in [0.05, 0.1) is 17.3 Å². The van der Waals surface area contributed by atoms with Crippen LogP contribution in [0.4, 0.5) is 5.82 Å². The van der Waals surface area contributed by atoms with Crippen LogP contribution in [0.25, 0.3) is 0 Å². The minimum Gasteiger partial charge on any atom is -0.496 e. The maximum absolute atomic E-state index is 12.1. The topological polar surface area (TPSA) is 64.4 Å². The number of thioether (sulfide) groups is 1. The van der Waals surface area contributed by atoms with Crippen LogP contribution in [0, 0.1) is 6.92 Å². The monoisotopic (exact) mass is 292 g/mol. The van der Waals surface area contributed by atoms with Crippen molar-refractivity contribution in [2.24, 2.45) is 0 Å². The zero-order valence-electron chi connectivity index (χ0n) is 11.5. The summed E-state index contributed by atoms with van der Waals surface area (Å²) in [4.78, 5) is 13.0. The quantitative estimate of drug-likeness (QED) is 0.858. The highest BCUT2D eigenvalue weighted by Gasteiger charge is 2.17. The fourth-order valence-electron chi connectivity index (χ4n) is 1.61. The van der Waals surface area contributed by atoms with E-state index < -0.39 is 0 Å². The first-order chi connectivity index (χ1) is 9.60. The summed E-state index contributed by atoms with van der Waals surface area (Å²) in [5.41, 5.74) is 0. The van der Waals surface area contributed by atoms with Gasteiger partial charge in [0.25, 0.3) is 0 Å². The molecule has 0 saturated carbocycles. The number of rotatable bonds is 5. The highest BCUT2D eigenvalue weighted by molar-refractivity contribution is 8.00. The third-order valence-corrected chi connectivity index (χ3v) is 3.78. The molecular weight excluding hydrogens is 276 g/mol. The lowest BCUT2D eigenvalue weighted by molar-refractivity contribution is -0.115. The molecule has 1 aromatic carbocycles. The zero-order valence-corrected chi connectivity index (χ0v) is 12.4. The summed E-state index contributed by atoms with van der Waals surface area (Å²) in [5.74, 6) is 1.72. The third-order valence-electron chi connectivity index (χ3n) is 2.62. The van der Waals surface area contributed by atoms with Crippen LogP contribution in [0.5, 0.6) is 5.75 Å². The second-order valence-electron chi connectivity index (χ2n) is 4.22. The van der Waals surface area contributed by atoms with Crippen molar-refractivity contribution in [3.05, 3.63) is 36.1 Å². The largest absolute Gasteiger partial charge is 0.496 e. The lowest BCUT2D eigenvalue weighted by Gasteiger charge is -2.12. The lowest BCUT2D eigenvalue weighted by atomic mass is 10.3. The number of anilines is 1. The van der Waals surface area contributed by atoms with Crippen LogP contribution in [0.2, 0.25) is 0 Å². The Balaban J connectivity index is 2.00. The Morgan fingerprint density at radius 1 is 1.45 bits per heavy atom. The number of benzene rings is 1. The van der Waals surface area contributed by atoms with E-state index in [9.17, 15) is 4.79 Å². The number of aryl methyl sites for hydroxylation is 1. The highest BCUT2D eigenvalue weighted by atomic mass is 32.2. The number of hydrogen-bond donors (Lipinski definition) is 1. The molecule has 1 atom stereocenters. The molecule has 0 radical (unpaired) electrons. The number of para-hydroxylation sites is 1. The fraction of sp³-hybridized carbons (Fsp3) is 0.286. The predicted molar refractivity (Wildman–Crippen MR) is 78.2 cm³/mol. The van der Waals surface area contributed by atoms with Crippen molar-refractivity contribution >= 4 is 23.5 Å². The van der Waals surface area contributed by atoms with Crippen LogP contribution in [-0.2, 0) is 4.79 Å². The van der Waals surface area contributed by atoms with Crippen molar-refractivity contribution in [2.45, 2.75) is 24.0 Å². The number of aromatic nitrogens is 1. The molecule has 1 N–H and O–H groups in total. The van der Waals surface area contributed by atoms with Gasteiger partial charge in [0.2, 0.25) is 5.91 Å². The Morgan fingerprint density at radius 2 is 2.20 bits per heavy atom. The molecule has 5 nitrogen and oxygen atoms in total. The Labute approximate surface area is 121 Å². The van der Waals surface area contributed by atoms with Crippen LogP contribution >= 0.6 is 11.8 Å². The van der Waals surface area contributed by atoms with Gasteiger partial charge < -0.3 is 14.6 Å². The van der Waals surface area contributed by atoms with Crippen molar-refractivity contribution in [3.8, 4) is 5.75 Å². The first-order valence-electron chi connectivity index (χ1n) is 6.14. The van der Waals surface area contributed by atoms with Gasteiger partial charge in [-0.1, -0.05) is 17.3 Å². The number of ether oxygens (including phenoxy) is 1. The van der Waals surface area contributed by atoms with Gasteiger partial charge in [0, 0.05) is 6.07 Å². The number of carbonyl (C=O) groups is 1. The Morgan fingerprint density at radius 3 is 2.85 bits per heavy atom. The van der Waals surface area contributed by atoms with Crippen LogP contribution in [0.3, 0.4) is 0 Å². The summed E-state index contributed by atoms with van der Waals surface area (Å²) < 4.78 is 10.2. The molecule has 106 valence electrons. The van der Waals surface area contributed by atoms with E-state index in [1.54, 1.807) is 20.1 Å². The summed E-state index contributed by atoms with van der Waals surface area (Å²) in [7, 11) is 1.61. The lowest BCUT2D eigenvalue weighted by Crippen LogP contribution is -2.22. The van der Waals surface area contributed by atoms with E-state index in [-0.39, 0.29) is 11.2 Å². The van der Waals surface area contributed by atoms with E-state index in [4.69, 9.17) is 9.26 Å². The molecule has 0 aliphatic heterocycles. The van der Waals surface area contributed by atoms with Gasteiger partial charge in [-0.05, 0) is 26.0 Å². The molecular formula is C14H16N2O3S. The van der Waals surface area contributed by atoms with Crippen LogP contribution in [-0.4, -0.2) is 23.4 Å². The smallest absolute Gasteiger partial charge is 0.238 e. The van der Waals surface area contributed by atoms with Crippen molar-refractivity contribution in [1.82, 2.24) is 5.16 Å². The van der Waals surface area contributed by atoms with E-state index >= 15 is 0 Å². The highest BCUT2D eigenvalue weighted by Crippen LogP contribution is 2.32. The van der Waals surface area contributed by atoms with E-state index in [0.717, 1.165) is 10.6 Å². The molecule has 1 amide bonds. The molecule has 1 heterocycles. The average molecular weight is 292 g/mol. The van der Waals surface area contributed by atoms with Gasteiger partial charge in [-0.3, -0.25) is 4.79 Å². The predicted octanol–water partition coefficient (Wildman–Crippen LogP) is 3.11. The van der Waals surface area contributed by atoms with Crippen molar-refractivity contribution < 1.29 is 14.1 Å². The van der Waals surface area contributed by atoms with Crippen LogP contribution in [0.15, 0.2) is 39.8 Å². The second-order valence-corrected chi connectivity index (χ2v) is 5.61. The summed E-state index contributed by atoms with van der Waals surface area (Å²) in [6, 6.07) is 9.28. The van der Waals surface area contributed by atoms with Gasteiger partial charge in [-0.25, -0.2) is 0 Å². The van der Waals surface area contributed by atoms with Crippen LogP contribution < -0.4 is 10.1 Å². The summed E-state index contributed by atoms with van der Waals surface area (Å²) in [5, 5.41) is 6.18. The van der Waals surface area contributed by atoms with Crippen molar-refractivity contribution in [1.29, 1.82) is 0 Å². The number of amides is 1. The molecule has 0 spiro atoms. The molecule has 0 saturated heterocycles. The summed E-state index contributed by atoms with van der Waals surface area (Å²) in [6.07, 6.45) is 0. The van der Waals surface area contributed by atoms with E-state index in [1.807, 2.05) is 31.2 Å². The normalized spacial score (nSPS) is 11.9. The Hall–Kier alpha value is -1.95. The number of hydrogen-bond acceptors (Lipinski definition) is 5. The van der Waals surface area contributed by atoms with Gasteiger partial charge >= 0.3 is 0 Å². The second kappa shape index (κ2) is 6.47. The minimum absolute atomic E-state index is 0.130. The average Bonchev–Trinajstić information content (AvgIpc) is 2.84. The van der Waals surface area contributed by atoms with E-state index in [0.29, 0.717) is 11.6 Å². The van der Waals surface area contributed by atoms with Crippen LogP contribution in [0.1, 0.15) is 12.7 Å². The molecule has 0 fully saturated rings. The third kappa shape index (κ3) is 3.54. The Kier molecular flexibility index (Phi) is 4.68. The number of carbonyl (C=O) groups excluding carboxylic acids is 1. The first kappa shape index (κ1) is 14.5. The molecule has 6 heteroatoms. The molecule has 0 aliphatic carbocycles. The SMILES string of the molecule is COc1ccccc1SC(C)C(=O)Nc1cc(C)on1. The standard InChI is InChI=1S/C14H16N2O3S/c1-9-8-13(16-19-9)15-14(17)10(2)20-12-7-5-4-6-11(12)18-3/h4-8,10H,1-3H3,(H,15,16,17). The van der Waals surface area contributed by atoms with Crippen molar-refractivity contribution in [3.63, 3.8) is 0 Å². The molecule has 2 aromatic rings. The molecule has 1 aromatic heterocycles. The maximum atomic E-state index is 12.1. The Bertz CT molecular complexity index is 598. The number of methoxy groups -OCH3 is 1. The molecule has 1 unspecified atom stereocenters. The summed E-state index contributed by atoms with van der Waals surface area (Å²) in [6.45, 7) is 3.61. The minimum atomic E-state index is -0.275. The first-order valence-corrected chi connectivity index (χ1v) is 7.02. The fourth-order valence-corrected chi connectivity index (χ4v) is 2.58. The molecule has 0 aliphatic rings. The summed E-state index contributed by atoms with van der Waals surface area (Å²) >= 11 is 1.43. The number of nitrogens with zero attached hydrogens (tertiary/aromatic N) is 1.